The molecule has 4 rings (SSSR count). The molecule has 1 N–H and O–H groups in total. The smallest absolute Gasteiger partial charge is 0.266 e. The van der Waals surface area contributed by atoms with Crippen LogP contribution in [0.3, 0.4) is 0 Å². The lowest BCUT2D eigenvalue weighted by atomic mass is 10.0. The van der Waals surface area contributed by atoms with E-state index in [0.29, 0.717) is 40.8 Å². The van der Waals surface area contributed by atoms with Crippen molar-refractivity contribution in [3.8, 4) is 17.6 Å². The van der Waals surface area contributed by atoms with Crippen LogP contribution in [0.5, 0.6) is 11.5 Å². The fraction of sp³-hybridized carbons (Fsp3) is 0.0968. The number of hydrogen-bond donors (Lipinski definition) is 1. The van der Waals surface area contributed by atoms with E-state index in [1.165, 1.54) is 6.08 Å². The first-order valence-corrected chi connectivity index (χ1v) is 12.5. The number of carbonyl (C=O) groups excluding carboxylic acids is 1. The predicted molar refractivity (Wildman–Crippen MR) is 154 cm³/mol. The molecule has 4 aromatic carbocycles. The summed E-state index contributed by atoms with van der Waals surface area (Å²) in [7, 11) is 1.54. The summed E-state index contributed by atoms with van der Waals surface area (Å²) in [6.45, 7) is 4.19. The summed E-state index contributed by atoms with van der Waals surface area (Å²) in [6.07, 6.45) is 3.73. The van der Waals surface area contributed by atoms with E-state index in [2.05, 4.69) is 36.2 Å². The lowest BCUT2D eigenvalue weighted by molar-refractivity contribution is -0.112. The second-order valence-electron chi connectivity index (χ2n) is 8.40. The normalized spacial score (nSPS) is 11.1. The Bertz CT molecular complexity index is 1590. The molecule has 0 heterocycles. The van der Waals surface area contributed by atoms with Crippen molar-refractivity contribution >= 4 is 51.6 Å². The van der Waals surface area contributed by atoms with Crippen molar-refractivity contribution in [2.45, 2.75) is 13.0 Å². The number of rotatable bonds is 9. The highest BCUT2D eigenvalue weighted by Crippen LogP contribution is 2.35. The molecule has 190 valence electrons. The van der Waals surface area contributed by atoms with Crippen LogP contribution in [0.1, 0.15) is 16.7 Å². The third kappa shape index (κ3) is 6.18. The molecule has 0 bridgehead atoms. The Morgan fingerprint density at radius 2 is 1.84 bits per heavy atom. The first-order chi connectivity index (χ1) is 18.4. The van der Waals surface area contributed by atoms with Crippen LogP contribution in [0, 0.1) is 11.3 Å². The van der Waals surface area contributed by atoms with E-state index in [0.717, 1.165) is 21.9 Å². The standard InChI is InChI=1S/C31H24Cl2N2O3/c1-3-7-24-15-21(16-25(18-34)31(36)35-27-11-6-10-26(32)29(27)33)17-28(37-2)30(24)38-19-20-12-13-22-8-4-5-9-23(22)14-20/h3-6,8-17H,1,7,19H2,2H3,(H,35,36)/b25-16-. The highest BCUT2D eigenvalue weighted by Gasteiger charge is 2.16. The largest absolute Gasteiger partial charge is 0.493 e. The van der Waals surface area contributed by atoms with E-state index in [-0.39, 0.29) is 10.6 Å². The lowest BCUT2D eigenvalue weighted by Gasteiger charge is -2.16. The highest BCUT2D eigenvalue weighted by atomic mass is 35.5. The van der Waals surface area contributed by atoms with Crippen molar-refractivity contribution in [3.05, 3.63) is 118 Å². The molecule has 0 spiro atoms. The van der Waals surface area contributed by atoms with Crippen molar-refractivity contribution in [1.82, 2.24) is 0 Å². The number of anilines is 1. The summed E-state index contributed by atoms with van der Waals surface area (Å²) in [4.78, 5) is 12.8. The maximum absolute atomic E-state index is 12.8. The molecular formula is C31H24Cl2N2O3. The van der Waals surface area contributed by atoms with Gasteiger partial charge in [-0.05, 0) is 64.7 Å². The van der Waals surface area contributed by atoms with E-state index < -0.39 is 5.91 Å². The van der Waals surface area contributed by atoms with Gasteiger partial charge in [0.25, 0.3) is 5.91 Å². The number of fused-ring (bicyclic) bond motifs is 1. The zero-order valence-corrected chi connectivity index (χ0v) is 22.1. The van der Waals surface area contributed by atoms with Crippen molar-refractivity contribution in [2.24, 2.45) is 0 Å². The number of carbonyl (C=O) groups is 1. The number of halogens is 2. The van der Waals surface area contributed by atoms with Gasteiger partial charge < -0.3 is 14.8 Å². The third-order valence-electron chi connectivity index (χ3n) is 5.81. The molecular weight excluding hydrogens is 519 g/mol. The maximum Gasteiger partial charge on any atom is 0.266 e. The zero-order valence-electron chi connectivity index (χ0n) is 20.6. The number of nitrogens with one attached hydrogen (secondary N) is 1. The molecule has 0 fully saturated rings. The average molecular weight is 543 g/mol. The lowest BCUT2D eigenvalue weighted by Crippen LogP contribution is -2.13. The number of amides is 1. The van der Waals surface area contributed by atoms with Crippen LogP contribution < -0.4 is 14.8 Å². The summed E-state index contributed by atoms with van der Waals surface area (Å²) in [6, 6.07) is 24.7. The highest BCUT2D eigenvalue weighted by molar-refractivity contribution is 6.44. The Labute approximate surface area is 231 Å². The van der Waals surface area contributed by atoms with Crippen molar-refractivity contribution in [1.29, 1.82) is 5.26 Å². The SMILES string of the molecule is C=CCc1cc(/C=C(/C#N)C(=O)Nc2cccc(Cl)c2Cl)cc(OC)c1OCc1ccc2ccccc2c1. The zero-order chi connectivity index (χ0) is 27.1. The number of nitriles is 1. The topological polar surface area (TPSA) is 71.4 Å². The van der Waals surface area contributed by atoms with Crippen molar-refractivity contribution in [3.63, 3.8) is 0 Å². The molecule has 4 aromatic rings. The molecule has 0 aliphatic carbocycles. The monoisotopic (exact) mass is 542 g/mol. The third-order valence-corrected chi connectivity index (χ3v) is 6.63. The van der Waals surface area contributed by atoms with Crippen LogP contribution >= 0.6 is 23.2 Å². The fourth-order valence-electron chi connectivity index (χ4n) is 3.98. The first-order valence-electron chi connectivity index (χ1n) is 11.7. The van der Waals surface area contributed by atoms with Gasteiger partial charge in [-0.25, -0.2) is 0 Å². The second kappa shape index (κ2) is 12.3. The molecule has 0 saturated carbocycles. The van der Waals surface area contributed by atoms with E-state index in [4.69, 9.17) is 32.7 Å². The van der Waals surface area contributed by atoms with Crippen LogP contribution in [0.15, 0.2) is 91.0 Å². The molecule has 0 aromatic heterocycles. The second-order valence-corrected chi connectivity index (χ2v) is 9.18. The summed E-state index contributed by atoms with van der Waals surface area (Å²) >= 11 is 12.2. The minimum Gasteiger partial charge on any atom is -0.493 e. The number of benzene rings is 4. The van der Waals surface area contributed by atoms with Gasteiger partial charge in [0, 0.05) is 5.56 Å². The molecule has 38 heavy (non-hydrogen) atoms. The molecule has 1 amide bonds. The molecule has 0 radical (unpaired) electrons. The van der Waals surface area contributed by atoms with Crippen LogP contribution in [0.25, 0.3) is 16.8 Å². The Hall–Kier alpha value is -4.24. The van der Waals surface area contributed by atoms with Gasteiger partial charge in [0.1, 0.15) is 18.2 Å². The molecule has 0 unspecified atom stereocenters. The fourth-order valence-corrected chi connectivity index (χ4v) is 4.33. The van der Waals surface area contributed by atoms with E-state index in [1.807, 2.05) is 30.3 Å². The molecule has 7 heteroatoms. The van der Waals surface area contributed by atoms with Gasteiger partial charge in [-0.2, -0.15) is 5.26 Å². The molecule has 0 saturated heterocycles. The number of ether oxygens (including phenoxy) is 2. The van der Waals surface area contributed by atoms with E-state index >= 15 is 0 Å². The minimum absolute atomic E-state index is 0.113. The summed E-state index contributed by atoms with van der Waals surface area (Å²) in [5.74, 6) is 0.441. The maximum atomic E-state index is 12.8. The van der Waals surface area contributed by atoms with Gasteiger partial charge in [0.2, 0.25) is 0 Å². The van der Waals surface area contributed by atoms with Gasteiger partial charge >= 0.3 is 0 Å². The Morgan fingerprint density at radius 1 is 1.05 bits per heavy atom. The van der Waals surface area contributed by atoms with E-state index in [1.54, 1.807) is 37.5 Å². The predicted octanol–water partition coefficient (Wildman–Crippen LogP) is 8.01. The van der Waals surface area contributed by atoms with E-state index in [9.17, 15) is 10.1 Å². The van der Waals surface area contributed by atoms with Crippen LogP contribution in [0.4, 0.5) is 5.69 Å². The molecule has 0 atom stereocenters. The molecule has 5 nitrogen and oxygen atoms in total. The van der Waals surface area contributed by atoms with Crippen molar-refractivity contribution in [2.75, 3.05) is 12.4 Å². The average Bonchev–Trinajstić information content (AvgIpc) is 2.93. The Kier molecular flexibility index (Phi) is 8.70. The molecule has 0 aliphatic heterocycles. The van der Waals surface area contributed by atoms with Gasteiger partial charge in [-0.3, -0.25) is 4.79 Å². The molecule has 0 aliphatic rings. The minimum atomic E-state index is -0.613. The van der Waals surface area contributed by atoms with Gasteiger partial charge in [-0.15, -0.1) is 6.58 Å². The van der Waals surface area contributed by atoms with Gasteiger partial charge in [0.05, 0.1) is 22.8 Å². The van der Waals surface area contributed by atoms with Crippen LogP contribution in [-0.4, -0.2) is 13.0 Å². The number of methoxy groups -OCH3 is 1. The number of hydrogen-bond acceptors (Lipinski definition) is 4. The van der Waals surface area contributed by atoms with Crippen LogP contribution in [0.2, 0.25) is 10.0 Å². The summed E-state index contributed by atoms with van der Waals surface area (Å²) < 4.78 is 11.8. The number of nitrogens with zero attached hydrogens (tertiary/aromatic N) is 1. The quantitative estimate of drug-likeness (QED) is 0.132. The van der Waals surface area contributed by atoms with Gasteiger partial charge in [0.15, 0.2) is 11.5 Å². The Morgan fingerprint density at radius 3 is 2.58 bits per heavy atom. The summed E-state index contributed by atoms with van der Waals surface area (Å²) in [5.41, 5.74) is 2.62. The van der Waals surface area contributed by atoms with Gasteiger partial charge in [-0.1, -0.05) is 71.7 Å². The first kappa shape index (κ1) is 26.8. The number of allylic oxidation sites excluding steroid dienone is 1. The Balaban J connectivity index is 1.61. The summed E-state index contributed by atoms with van der Waals surface area (Å²) in [5, 5.41) is 15.1. The van der Waals surface area contributed by atoms with Crippen LogP contribution in [-0.2, 0) is 17.8 Å². The van der Waals surface area contributed by atoms with Crippen molar-refractivity contribution < 1.29 is 14.3 Å².